The summed E-state index contributed by atoms with van der Waals surface area (Å²) in [5.74, 6) is 0.181. The molecule has 1 aromatic carbocycles. The molecule has 3 aromatic rings. The molecule has 2 aromatic heterocycles. The van der Waals surface area contributed by atoms with Crippen LogP contribution in [0.3, 0.4) is 0 Å². The van der Waals surface area contributed by atoms with Gasteiger partial charge < -0.3 is 4.74 Å². The molecule has 1 aliphatic heterocycles. The van der Waals surface area contributed by atoms with Crippen molar-refractivity contribution in [2.45, 2.75) is 13.0 Å². The van der Waals surface area contributed by atoms with Crippen LogP contribution in [0.1, 0.15) is 16.9 Å². The molecule has 0 saturated carbocycles. The summed E-state index contributed by atoms with van der Waals surface area (Å²) in [7, 11) is 0. The molecule has 3 heterocycles. The van der Waals surface area contributed by atoms with Gasteiger partial charge in [-0.15, -0.1) is 0 Å². The maximum absolute atomic E-state index is 12.3. The van der Waals surface area contributed by atoms with E-state index in [9.17, 15) is 14.9 Å². The Kier molecular flexibility index (Phi) is 3.38. The van der Waals surface area contributed by atoms with Crippen molar-refractivity contribution in [1.82, 2.24) is 14.8 Å². The molecule has 0 fully saturated rings. The SMILES string of the molecule is O=C(Nc1nc2ccc([N+](=O)[O-])cc2s1)c1cc2n(n1)CCCO2. The predicted octanol–water partition coefficient (Wildman–Crippen LogP) is 2.44. The number of ether oxygens (including phenoxy) is 1. The van der Waals surface area contributed by atoms with Gasteiger partial charge in [0.1, 0.15) is 0 Å². The van der Waals surface area contributed by atoms with E-state index in [0.717, 1.165) is 6.42 Å². The highest BCUT2D eigenvalue weighted by molar-refractivity contribution is 7.22. The fraction of sp³-hybridized carbons (Fsp3) is 0.214. The monoisotopic (exact) mass is 345 g/mol. The maximum Gasteiger partial charge on any atom is 0.278 e. The van der Waals surface area contributed by atoms with Crippen LogP contribution in [-0.4, -0.2) is 32.2 Å². The average molecular weight is 345 g/mol. The molecule has 0 radical (unpaired) electrons. The van der Waals surface area contributed by atoms with Crippen LogP contribution in [0.25, 0.3) is 10.2 Å². The Morgan fingerprint density at radius 2 is 2.29 bits per heavy atom. The van der Waals surface area contributed by atoms with Crippen molar-refractivity contribution in [2.24, 2.45) is 0 Å². The Morgan fingerprint density at radius 3 is 3.08 bits per heavy atom. The molecule has 0 unspecified atom stereocenters. The lowest BCUT2D eigenvalue weighted by atomic mass is 10.3. The number of hydrogen-bond donors (Lipinski definition) is 1. The topological polar surface area (TPSA) is 112 Å². The van der Waals surface area contributed by atoms with E-state index in [1.807, 2.05) is 0 Å². The molecule has 24 heavy (non-hydrogen) atoms. The molecule has 1 aliphatic rings. The third kappa shape index (κ3) is 2.56. The number of thiazole rings is 1. The summed E-state index contributed by atoms with van der Waals surface area (Å²) in [5.41, 5.74) is 0.827. The quantitative estimate of drug-likeness (QED) is 0.576. The molecular weight excluding hydrogens is 334 g/mol. The molecule has 0 saturated heterocycles. The van der Waals surface area contributed by atoms with Crippen LogP contribution < -0.4 is 10.1 Å². The number of non-ortho nitro benzene ring substituents is 1. The number of nitrogens with one attached hydrogen (secondary N) is 1. The van der Waals surface area contributed by atoms with E-state index in [2.05, 4.69) is 15.4 Å². The molecule has 122 valence electrons. The standard InChI is InChI=1S/C14H11N5O4S/c20-13(10-7-12-18(17-10)4-1-5-23-12)16-14-15-9-3-2-8(19(21)22)6-11(9)24-14/h2-3,6-7H,1,4-5H2,(H,15,16,20). The predicted molar refractivity (Wildman–Crippen MR) is 86.6 cm³/mol. The van der Waals surface area contributed by atoms with Gasteiger partial charge in [-0.2, -0.15) is 5.10 Å². The van der Waals surface area contributed by atoms with Crippen LogP contribution in [0.4, 0.5) is 10.8 Å². The number of nitro groups is 1. The van der Waals surface area contributed by atoms with Gasteiger partial charge in [0.15, 0.2) is 10.8 Å². The van der Waals surface area contributed by atoms with Gasteiger partial charge in [-0.3, -0.25) is 20.2 Å². The first kappa shape index (κ1) is 14.6. The smallest absolute Gasteiger partial charge is 0.278 e. The van der Waals surface area contributed by atoms with Crippen molar-refractivity contribution in [3.8, 4) is 5.88 Å². The molecule has 0 spiro atoms. The second kappa shape index (κ2) is 5.57. The van der Waals surface area contributed by atoms with E-state index < -0.39 is 10.8 Å². The van der Waals surface area contributed by atoms with Gasteiger partial charge in [-0.05, 0) is 6.07 Å². The first-order chi connectivity index (χ1) is 11.6. The van der Waals surface area contributed by atoms with Crippen LogP contribution in [0, 0.1) is 10.1 Å². The van der Waals surface area contributed by atoms with Crippen molar-refractivity contribution >= 4 is 38.3 Å². The maximum atomic E-state index is 12.3. The molecule has 0 bridgehead atoms. The summed E-state index contributed by atoms with van der Waals surface area (Å²) in [6.07, 6.45) is 0.854. The van der Waals surface area contributed by atoms with Crippen molar-refractivity contribution in [3.05, 3.63) is 40.1 Å². The van der Waals surface area contributed by atoms with E-state index in [1.54, 1.807) is 16.8 Å². The number of fused-ring (bicyclic) bond motifs is 2. The van der Waals surface area contributed by atoms with Gasteiger partial charge in [0.25, 0.3) is 11.6 Å². The van der Waals surface area contributed by atoms with E-state index in [-0.39, 0.29) is 11.4 Å². The summed E-state index contributed by atoms with van der Waals surface area (Å²) in [4.78, 5) is 26.9. The third-order valence-electron chi connectivity index (χ3n) is 3.54. The van der Waals surface area contributed by atoms with Crippen molar-refractivity contribution in [1.29, 1.82) is 0 Å². The molecule has 4 rings (SSSR count). The van der Waals surface area contributed by atoms with Crippen molar-refractivity contribution in [3.63, 3.8) is 0 Å². The first-order valence-corrected chi connectivity index (χ1v) is 7.99. The number of nitro benzene ring substituents is 1. The zero-order chi connectivity index (χ0) is 16.7. The minimum absolute atomic E-state index is 0.0112. The van der Waals surface area contributed by atoms with E-state index in [4.69, 9.17) is 4.74 Å². The highest BCUT2D eigenvalue weighted by Crippen LogP contribution is 2.29. The highest BCUT2D eigenvalue weighted by Gasteiger charge is 2.19. The van der Waals surface area contributed by atoms with Crippen LogP contribution in [0.15, 0.2) is 24.3 Å². The Balaban J connectivity index is 1.58. The molecule has 0 atom stereocenters. The summed E-state index contributed by atoms with van der Waals surface area (Å²) in [5, 5.41) is 18.0. The Labute approximate surface area is 139 Å². The van der Waals surface area contributed by atoms with Gasteiger partial charge in [-0.1, -0.05) is 11.3 Å². The lowest BCUT2D eigenvalue weighted by Gasteiger charge is -2.13. The number of benzene rings is 1. The van der Waals surface area contributed by atoms with Crippen LogP contribution >= 0.6 is 11.3 Å². The number of carbonyl (C=O) groups is 1. The fourth-order valence-corrected chi connectivity index (χ4v) is 3.31. The zero-order valence-corrected chi connectivity index (χ0v) is 13.1. The van der Waals surface area contributed by atoms with E-state index >= 15 is 0 Å². The number of rotatable bonds is 3. The summed E-state index contributed by atoms with van der Waals surface area (Å²) >= 11 is 1.17. The number of amides is 1. The van der Waals surface area contributed by atoms with Crippen molar-refractivity contribution < 1.29 is 14.5 Å². The number of hydrogen-bond acceptors (Lipinski definition) is 7. The normalized spacial score (nSPS) is 13.3. The second-order valence-corrected chi connectivity index (χ2v) is 6.21. The Morgan fingerprint density at radius 1 is 1.42 bits per heavy atom. The number of aromatic nitrogens is 3. The lowest BCUT2D eigenvalue weighted by molar-refractivity contribution is -0.384. The molecule has 9 nitrogen and oxygen atoms in total. The van der Waals surface area contributed by atoms with Crippen LogP contribution in [-0.2, 0) is 6.54 Å². The molecule has 1 amide bonds. The zero-order valence-electron chi connectivity index (χ0n) is 12.3. The molecular formula is C14H11N5O4S. The number of nitrogens with zero attached hydrogens (tertiary/aromatic N) is 4. The fourth-order valence-electron chi connectivity index (χ4n) is 2.42. The molecule has 1 N–H and O–H groups in total. The summed E-state index contributed by atoms with van der Waals surface area (Å²) < 4.78 is 7.72. The second-order valence-electron chi connectivity index (χ2n) is 5.18. The van der Waals surface area contributed by atoms with Gasteiger partial charge in [0.2, 0.25) is 5.88 Å². The average Bonchev–Trinajstić information content (AvgIpc) is 3.17. The van der Waals surface area contributed by atoms with Crippen LogP contribution in [0.2, 0.25) is 0 Å². The van der Waals surface area contributed by atoms with Crippen molar-refractivity contribution in [2.75, 3.05) is 11.9 Å². The van der Waals surface area contributed by atoms with Gasteiger partial charge >= 0.3 is 0 Å². The van der Waals surface area contributed by atoms with E-state index in [0.29, 0.717) is 34.4 Å². The first-order valence-electron chi connectivity index (χ1n) is 7.17. The summed E-state index contributed by atoms with van der Waals surface area (Å²) in [6.45, 7) is 1.33. The highest BCUT2D eigenvalue weighted by atomic mass is 32.1. The third-order valence-corrected chi connectivity index (χ3v) is 4.48. The van der Waals surface area contributed by atoms with E-state index in [1.165, 1.54) is 23.5 Å². The van der Waals surface area contributed by atoms with Gasteiger partial charge in [0, 0.05) is 31.2 Å². The minimum atomic E-state index is -0.465. The Bertz CT molecular complexity index is 940. The largest absolute Gasteiger partial charge is 0.478 e. The van der Waals surface area contributed by atoms with Gasteiger partial charge in [0.05, 0.1) is 21.7 Å². The minimum Gasteiger partial charge on any atom is -0.478 e. The number of anilines is 1. The summed E-state index contributed by atoms with van der Waals surface area (Å²) in [6, 6.07) is 5.97. The Hall–Kier alpha value is -3.01. The number of aryl methyl sites for hydroxylation is 1. The molecule has 0 aliphatic carbocycles. The van der Waals surface area contributed by atoms with Gasteiger partial charge in [-0.25, -0.2) is 9.67 Å². The molecule has 10 heteroatoms. The van der Waals surface area contributed by atoms with Crippen LogP contribution in [0.5, 0.6) is 5.88 Å². The lowest BCUT2D eigenvalue weighted by Crippen LogP contribution is -2.16. The number of carbonyl (C=O) groups excluding carboxylic acids is 1.